The Morgan fingerprint density at radius 3 is 2.10 bits per heavy atom. The highest BCUT2D eigenvalue weighted by Gasteiger charge is 1.91. The summed E-state index contributed by atoms with van der Waals surface area (Å²) in [7, 11) is 0. The minimum atomic E-state index is 0.547. The molecule has 0 saturated heterocycles. The standard InChI is InChI=1S/C17H17ClN2/c1-13-3-7-16(8-4-13)19-11-15(18)12-20-17-9-5-14(2)6-10-17/h3-12,19H,1-2H3/b15-11-,20-12?. The van der Waals surface area contributed by atoms with Gasteiger partial charge >= 0.3 is 0 Å². The topological polar surface area (TPSA) is 24.4 Å². The number of aliphatic imine (C=N–C) groups is 1. The van der Waals surface area contributed by atoms with Crippen molar-refractivity contribution in [3.05, 3.63) is 70.9 Å². The van der Waals surface area contributed by atoms with Gasteiger partial charge in [-0.05, 0) is 38.1 Å². The number of benzene rings is 2. The lowest BCUT2D eigenvalue weighted by molar-refractivity contribution is 1.44. The van der Waals surface area contributed by atoms with E-state index in [4.69, 9.17) is 11.6 Å². The van der Waals surface area contributed by atoms with E-state index in [9.17, 15) is 0 Å². The van der Waals surface area contributed by atoms with Gasteiger partial charge in [-0.25, -0.2) is 0 Å². The Balaban J connectivity index is 1.96. The molecule has 0 aliphatic heterocycles. The van der Waals surface area contributed by atoms with Crippen LogP contribution in [0.2, 0.25) is 0 Å². The van der Waals surface area contributed by atoms with E-state index in [1.807, 2.05) is 55.5 Å². The van der Waals surface area contributed by atoms with Crippen LogP contribution in [-0.2, 0) is 0 Å². The lowest BCUT2D eigenvalue weighted by Gasteiger charge is -2.01. The third-order valence-corrected chi connectivity index (χ3v) is 3.01. The van der Waals surface area contributed by atoms with Crippen molar-refractivity contribution in [1.82, 2.24) is 0 Å². The molecule has 3 heteroatoms. The molecule has 2 rings (SSSR count). The Bertz CT molecular complexity index is 610. The minimum Gasteiger partial charge on any atom is -0.360 e. The zero-order chi connectivity index (χ0) is 14.4. The molecule has 0 unspecified atom stereocenters. The molecule has 0 bridgehead atoms. The Labute approximate surface area is 124 Å². The third kappa shape index (κ3) is 4.56. The summed E-state index contributed by atoms with van der Waals surface area (Å²) in [6.07, 6.45) is 3.36. The highest BCUT2D eigenvalue weighted by molar-refractivity contribution is 6.39. The highest BCUT2D eigenvalue weighted by Crippen LogP contribution is 2.13. The van der Waals surface area contributed by atoms with Crippen molar-refractivity contribution < 1.29 is 0 Å². The molecule has 0 spiro atoms. The van der Waals surface area contributed by atoms with E-state index in [0.717, 1.165) is 11.4 Å². The second-order valence-corrected chi connectivity index (χ2v) is 5.07. The van der Waals surface area contributed by atoms with E-state index >= 15 is 0 Å². The Kier molecular flexibility index (Phi) is 4.97. The summed E-state index contributed by atoms with van der Waals surface area (Å²) in [5.41, 5.74) is 4.33. The molecular formula is C17H17ClN2. The van der Waals surface area contributed by atoms with E-state index in [1.165, 1.54) is 11.1 Å². The molecule has 0 saturated carbocycles. The molecule has 0 aliphatic carbocycles. The van der Waals surface area contributed by atoms with Crippen LogP contribution in [-0.4, -0.2) is 6.21 Å². The van der Waals surface area contributed by atoms with Gasteiger partial charge in [0.25, 0.3) is 0 Å². The minimum absolute atomic E-state index is 0.547. The number of aryl methyl sites for hydroxylation is 2. The van der Waals surface area contributed by atoms with Gasteiger partial charge in [0.05, 0.1) is 10.7 Å². The van der Waals surface area contributed by atoms with Gasteiger partial charge in [-0.2, -0.15) is 0 Å². The maximum Gasteiger partial charge on any atom is 0.0748 e. The van der Waals surface area contributed by atoms with E-state index in [-0.39, 0.29) is 0 Å². The zero-order valence-corrected chi connectivity index (χ0v) is 12.4. The Hall–Kier alpha value is -2.06. The van der Waals surface area contributed by atoms with Gasteiger partial charge in [0.15, 0.2) is 0 Å². The van der Waals surface area contributed by atoms with Crippen LogP contribution >= 0.6 is 11.6 Å². The molecule has 0 atom stereocenters. The van der Waals surface area contributed by atoms with Gasteiger partial charge in [0.1, 0.15) is 0 Å². The van der Waals surface area contributed by atoms with Gasteiger partial charge in [0, 0.05) is 18.1 Å². The van der Waals surface area contributed by atoms with Gasteiger partial charge in [0.2, 0.25) is 0 Å². The number of allylic oxidation sites excluding steroid dienone is 1. The molecular weight excluding hydrogens is 268 g/mol. The summed E-state index contributed by atoms with van der Waals surface area (Å²) in [6.45, 7) is 4.10. The summed E-state index contributed by atoms with van der Waals surface area (Å²) in [5.74, 6) is 0. The average molecular weight is 285 g/mol. The monoisotopic (exact) mass is 284 g/mol. The first kappa shape index (κ1) is 14.4. The van der Waals surface area contributed by atoms with Crippen molar-refractivity contribution in [1.29, 1.82) is 0 Å². The van der Waals surface area contributed by atoms with Gasteiger partial charge in [-0.15, -0.1) is 0 Å². The molecule has 0 aromatic heterocycles. The SMILES string of the molecule is Cc1ccc(N=C/C(Cl)=C/Nc2ccc(C)cc2)cc1. The van der Waals surface area contributed by atoms with Crippen molar-refractivity contribution in [2.24, 2.45) is 4.99 Å². The van der Waals surface area contributed by atoms with Crippen LogP contribution in [0.5, 0.6) is 0 Å². The van der Waals surface area contributed by atoms with Crippen LogP contribution in [0.4, 0.5) is 11.4 Å². The lowest BCUT2D eigenvalue weighted by atomic mass is 10.2. The number of hydrogen-bond acceptors (Lipinski definition) is 2. The van der Waals surface area contributed by atoms with Crippen LogP contribution in [0.25, 0.3) is 0 Å². The summed E-state index contributed by atoms with van der Waals surface area (Å²) >= 11 is 6.09. The van der Waals surface area contributed by atoms with Gasteiger partial charge in [-0.3, -0.25) is 4.99 Å². The van der Waals surface area contributed by atoms with E-state index in [2.05, 4.69) is 17.2 Å². The molecule has 0 aliphatic rings. The molecule has 2 aromatic rings. The van der Waals surface area contributed by atoms with Crippen LogP contribution in [0.3, 0.4) is 0 Å². The molecule has 2 nitrogen and oxygen atoms in total. The third-order valence-electron chi connectivity index (χ3n) is 2.80. The van der Waals surface area contributed by atoms with Crippen LogP contribution in [0.15, 0.2) is 64.8 Å². The molecule has 0 amide bonds. The van der Waals surface area contributed by atoms with Crippen molar-refractivity contribution >= 4 is 29.2 Å². The number of rotatable bonds is 4. The average Bonchev–Trinajstić information content (AvgIpc) is 2.46. The number of anilines is 1. The van der Waals surface area contributed by atoms with Crippen molar-refractivity contribution in [3.63, 3.8) is 0 Å². The van der Waals surface area contributed by atoms with Crippen molar-refractivity contribution in [3.8, 4) is 0 Å². The van der Waals surface area contributed by atoms with E-state index in [1.54, 1.807) is 12.4 Å². The summed E-state index contributed by atoms with van der Waals surface area (Å²) in [6, 6.07) is 16.1. The fourth-order valence-electron chi connectivity index (χ4n) is 1.61. The van der Waals surface area contributed by atoms with Crippen molar-refractivity contribution in [2.75, 3.05) is 5.32 Å². The number of halogens is 1. The first-order chi connectivity index (χ1) is 9.63. The van der Waals surface area contributed by atoms with Crippen LogP contribution < -0.4 is 5.32 Å². The van der Waals surface area contributed by atoms with E-state index < -0.39 is 0 Å². The summed E-state index contributed by atoms with van der Waals surface area (Å²) < 4.78 is 0. The Morgan fingerprint density at radius 2 is 1.50 bits per heavy atom. The molecule has 20 heavy (non-hydrogen) atoms. The molecule has 0 heterocycles. The fourth-order valence-corrected chi connectivity index (χ4v) is 1.71. The summed E-state index contributed by atoms with van der Waals surface area (Å²) in [4.78, 5) is 4.31. The molecule has 0 fully saturated rings. The Morgan fingerprint density at radius 1 is 0.950 bits per heavy atom. The number of nitrogens with one attached hydrogen (secondary N) is 1. The number of nitrogens with zero attached hydrogens (tertiary/aromatic N) is 1. The highest BCUT2D eigenvalue weighted by atomic mass is 35.5. The van der Waals surface area contributed by atoms with Gasteiger partial charge in [-0.1, -0.05) is 47.0 Å². The van der Waals surface area contributed by atoms with E-state index in [0.29, 0.717) is 5.03 Å². The molecule has 2 aromatic carbocycles. The molecule has 0 radical (unpaired) electrons. The largest absolute Gasteiger partial charge is 0.360 e. The second-order valence-electron chi connectivity index (χ2n) is 4.63. The smallest absolute Gasteiger partial charge is 0.0748 e. The summed E-state index contributed by atoms with van der Waals surface area (Å²) in [5, 5.41) is 3.68. The maximum atomic E-state index is 6.09. The number of hydrogen-bond donors (Lipinski definition) is 1. The predicted molar refractivity (Wildman–Crippen MR) is 88.1 cm³/mol. The molecule has 102 valence electrons. The van der Waals surface area contributed by atoms with Crippen LogP contribution in [0.1, 0.15) is 11.1 Å². The lowest BCUT2D eigenvalue weighted by Crippen LogP contribution is -1.89. The second kappa shape index (κ2) is 6.92. The quantitative estimate of drug-likeness (QED) is 0.767. The molecule has 1 N–H and O–H groups in total. The van der Waals surface area contributed by atoms with Crippen LogP contribution in [0, 0.1) is 13.8 Å². The first-order valence-electron chi connectivity index (χ1n) is 6.43. The van der Waals surface area contributed by atoms with Gasteiger partial charge < -0.3 is 5.32 Å². The van der Waals surface area contributed by atoms with Crippen molar-refractivity contribution in [2.45, 2.75) is 13.8 Å². The first-order valence-corrected chi connectivity index (χ1v) is 6.81. The predicted octanol–water partition coefficient (Wildman–Crippen LogP) is 5.20. The zero-order valence-electron chi connectivity index (χ0n) is 11.6. The normalized spacial score (nSPS) is 11.8. The fraction of sp³-hybridized carbons (Fsp3) is 0.118. The maximum absolute atomic E-state index is 6.09.